The number of hydrogen-bond acceptors (Lipinski definition) is 3. The zero-order chi connectivity index (χ0) is 14.1. The SMILES string of the molecule is CC.CC.O=c1cc(CCl)c2ccc(O)cc2o1. The second-order valence-electron chi connectivity index (χ2n) is 2.90. The van der Waals surface area contributed by atoms with E-state index >= 15 is 0 Å². The molecule has 1 N–H and O–H groups in total. The lowest BCUT2D eigenvalue weighted by atomic mass is 10.1. The summed E-state index contributed by atoms with van der Waals surface area (Å²) in [5.41, 5.74) is 0.602. The van der Waals surface area contributed by atoms with Crippen LogP contribution in [-0.4, -0.2) is 5.11 Å². The smallest absolute Gasteiger partial charge is 0.336 e. The van der Waals surface area contributed by atoms with E-state index in [9.17, 15) is 9.90 Å². The third-order valence-electron chi connectivity index (χ3n) is 1.96. The van der Waals surface area contributed by atoms with E-state index in [4.69, 9.17) is 16.0 Å². The first-order chi connectivity index (χ1) is 8.70. The van der Waals surface area contributed by atoms with Crippen molar-refractivity contribution in [3.8, 4) is 5.75 Å². The first-order valence-electron chi connectivity index (χ1n) is 6.02. The van der Waals surface area contributed by atoms with Gasteiger partial charge in [-0.3, -0.25) is 0 Å². The largest absolute Gasteiger partial charge is 0.508 e. The standard InChI is InChI=1S/C10H7ClO3.2C2H6/c11-5-6-3-10(13)14-9-4-7(12)1-2-8(6)9;2*1-2/h1-4,12H,5H2;2*1-2H3. The molecule has 0 saturated heterocycles. The summed E-state index contributed by atoms with van der Waals surface area (Å²) in [4.78, 5) is 11.1. The average Bonchev–Trinajstić information content (AvgIpc) is 2.41. The van der Waals surface area contributed by atoms with Gasteiger partial charge in [0.25, 0.3) is 0 Å². The van der Waals surface area contributed by atoms with Crippen molar-refractivity contribution in [2.75, 3.05) is 0 Å². The van der Waals surface area contributed by atoms with Crippen molar-refractivity contribution in [2.45, 2.75) is 33.6 Å². The second-order valence-corrected chi connectivity index (χ2v) is 3.17. The number of halogens is 1. The van der Waals surface area contributed by atoms with Gasteiger partial charge in [-0.25, -0.2) is 4.79 Å². The summed E-state index contributed by atoms with van der Waals surface area (Å²) in [6.07, 6.45) is 0. The third-order valence-corrected chi connectivity index (χ3v) is 2.25. The summed E-state index contributed by atoms with van der Waals surface area (Å²) in [5, 5.41) is 9.94. The monoisotopic (exact) mass is 270 g/mol. The Balaban J connectivity index is 0.000000659. The normalized spacial score (nSPS) is 8.94. The molecule has 2 rings (SSSR count). The van der Waals surface area contributed by atoms with Crippen molar-refractivity contribution >= 4 is 22.6 Å². The van der Waals surface area contributed by atoms with Gasteiger partial charge < -0.3 is 9.52 Å². The summed E-state index contributed by atoms with van der Waals surface area (Å²) in [6, 6.07) is 5.95. The van der Waals surface area contributed by atoms with E-state index in [1.807, 2.05) is 27.7 Å². The van der Waals surface area contributed by atoms with E-state index in [0.717, 1.165) is 5.39 Å². The van der Waals surface area contributed by atoms with Crippen LogP contribution in [0.3, 0.4) is 0 Å². The van der Waals surface area contributed by atoms with Crippen molar-refractivity contribution in [2.24, 2.45) is 0 Å². The molecule has 18 heavy (non-hydrogen) atoms. The van der Waals surface area contributed by atoms with Crippen LogP contribution < -0.4 is 5.63 Å². The van der Waals surface area contributed by atoms with Gasteiger partial charge in [0.05, 0.1) is 0 Å². The fourth-order valence-corrected chi connectivity index (χ4v) is 1.55. The zero-order valence-corrected chi connectivity index (χ0v) is 11.9. The molecule has 100 valence electrons. The number of alkyl halides is 1. The predicted molar refractivity (Wildman–Crippen MR) is 76.4 cm³/mol. The maximum Gasteiger partial charge on any atom is 0.336 e. The fourth-order valence-electron chi connectivity index (χ4n) is 1.33. The van der Waals surface area contributed by atoms with Gasteiger partial charge in [-0.15, -0.1) is 11.6 Å². The molecule has 0 saturated carbocycles. The van der Waals surface area contributed by atoms with Crippen molar-refractivity contribution in [3.05, 3.63) is 40.2 Å². The Bertz CT molecular complexity index is 532. The molecule has 1 aromatic carbocycles. The lowest BCUT2D eigenvalue weighted by molar-refractivity contribution is 0.473. The molecule has 3 nitrogen and oxygen atoms in total. The lowest BCUT2D eigenvalue weighted by Crippen LogP contribution is -1.98. The molecular formula is C14H19ClO3. The molecule has 0 bridgehead atoms. The molecule has 0 spiro atoms. The Hall–Kier alpha value is -1.48. The van der Waals surface area contributed by atoms with Gasteiger partial charge in [0.1, 0.15) is 11.3 Å². The average molecular weight is 271 g/mol. The summed E-state index contributed by atoms with van der Waals surface area (Å²) in [6.45, 7) is 8.00. The number of fused-ring (bicyclic) bond motifs is 1. The summed E-state index contributed by atoms with van der Waals surface area (Å²) in [7, 11) is 0. The molecule has 2 aromatic rings. The topological polar surface area (TPSA) is 50.4 Å². The number of phenols is 1. The molecule has 4 heteroatoms. The molecule has 0 radical (unpaired) electrons. The molecule has 0 aliphatic heterocycles. The Labute approximate surface area is 112 Å². The third kappa shape index (κ3) is 4.08. The van der Waals surface area contributed by atoms with E-state index in [2.05, 4.69) is 0 Å². The highest BCUT2D eigenvalue weighted by Gasteiger charge is 2.04. The zero-order valence-electron chi connectivity index (χ0n) is 11.2. The highest BCUT2D eigenvalue weighted by molar-refractivity contribution is 6.17. The van der Waals surface area contributed by atoms with Gasteiger partial charge in [0.15, 0.2) is 0 Å². The molecule has 0 atom stereocenters. The van der Waals surface area contributed by atoms with Gasteiger partial charge in [-0.2, -0.15) is 0 Å². The van der Waals surface area contributed by atoms with E-state index < -0.39 is 5.63 Å². The van der Waals surface area contributed by atoms with E-state index in [-0.39, 0.29) is 11.6 Å². The number of rotatable bonds is 1. The van der Waals surface area contributed by atoms with E-state index in [1.165, 1.54) is 18.2 Å². The maximum absolute atomic E-state index is 11.1. The fraction of sp³-hybridized carbons (Fsp3) is 0.357. The lowest BCUT2D eigenvalue weighted by Gasteiger charge is -2.01. The van der Waals surface area contributed by atoms with Crippen LogP contribution in [0.2, 0.25) is 0 Å². The van der Waals surface area contributed by atoms with Crippen LogP contribution in [0.1, 0.15) is 33.3 Å². The number of benzene rings is 1. The summed E-state index contributed by atoms with van der Waals surface area (Å²) < 4.78 is 4.91. The number of phenolic OH excluding ortho intramolecular Hbond substituents is 1. The molecule has 1 aromatic heterocycles. The van der Waals surface area contributed by atoms with Crippen LogP contribution in [0.4, 0.5) is 0 Å². The van der Waals surface area contributed by atoms with Crippen molar-refractivity contribution in [1.82, 2.24) is 0 Å². The Morgan fingerprint density at radius 1 is 1.17 bits per heavy atom. The predicted octanol–water partition coefficient (Wildman–Crippen LogP) is 4.29. The van der Waals surface area contributed by atoms with Crippen molar-refractivity contribution in [1.29, 1.82) is 0 Å². The van der Waals surface area contributed by atoms with E-state index in [1.54, 1.807) is 6.07 Å². The first kappa shape index (κ1) is 16.5. The molecule has 0 amide bonds. The van der Waals surface area contributed by atoms with Crippen LogP contribution in [0, 0.1) is 0 Å². The number of aromatic hydroxyl groups is 1. The molecule has 0 unspecified atom stereocenters. The van der Waals surface area contributed by atoms with Gasteiger partial charge >= 0.3 is 5.63 Å². The molecule has 0 aliphatic carbocycles. The quantitative estimate of drug-likeness (QED) is 0.621. The molecule has 0 fully saturated rings. The van der Waals surface area contributed by atoms with Crippen LogP contribution in [0.5, 0.6) is 5.75 Å². The molecule has 1 heterocycles. The Morgan fingerprint density at radius 3 is 2.33 bits per heavy atom. The summed E-state index contributed by atoms with van der Waals surface area (Å²) >= 11 is 5.67. The Kier molecular flexibility index (Phi) is 7.88. The number of hydrogen-bond donors (Lipinski definition) is 1. The minimum Gasteiger partial charge on any atom is -0.508 e. The Morgan fingerprint density at radius 2 is 1.78 bits per heavy atom. The van der Waals surface area contributed by atoms with Crippen LogP contribution in [0.25, 0.3) is 11.0 Å². The highest BCUT2D eigenvalue weighted by Crippen LogP contribution is 2.22. The maximum atomic E-state index is 11.1. The highest BCUT2D eigenvalue weighted by atomic mass is 35.5. The van der Waals surface area contributed by atoms with Crippen LogP contribution >= 0.6 is 11.6 Å². The molecule has 0 aliphatic rings. The van der Waals surface area contributed by atoms with Gasteiger partial charge in [-0.1, -0.05) is 27.7 Å². The van der Waals surface area contributed by atoms with Gasteiger partial charge in [-0.05, 0) is 17.7 Å². The minimum atomic E-state index is -0.459. The van der Waals surface area contributed by atoms with Crippen LogP contribution in [-0.2, 0) is 5.88 Å². The minimum absolute atomic E-state index is 0.0624. The first-order valence-corrected chi connectivity index (χ1v) is 6.56. The van der Waals surface area contributed by atoms with Crippen molar-refractivity contribution in [3.63, 3.8) is 0 Å². The second kappa shape index (κ2) is 8.59. The molecular weight excluding hydrogens is 252 g/mol. The van der Waals surface area contributed by atoms with Crippen molar-refractivity contribution < 1.29 is 9.52 Å². The summed E-state index contributed by atoms with van der Waals surface area (Å²) in [5.74, 6) is 0.305. The van der Waals surface area contributed by atoms with Gasteiger partial charge in [0, 0.05) is 23.4 Å². The van der Waals surface area contributed by atoms with Crippen LogP contribution in [0.15, 0.2) is 33.5 Å². The van der Waals surface area contributed by atoms with E-state index in [0.29, 0.717) is 11.1 Å². The van der Waals surface area contributed by atoms with Gasteiger partial charge in [0.2, 0.25) is 0 Å².